The number of amides is 2. The lowest BCUT2D eigenvalue weighted by Crippen LogP contribution is -2.40. The van der Waals surface area contributed by atoms with Crippen LogP contribution in [0, 0.1) is 0 Å². The van der Waals surface area contributed by atoms with E-state index in [2.05, 4.69) is 20.5 Å². The Morgan fingerprint density at radius 2 is 1.48 bits per heavy atom. The number of pyridine rings is 1. The van der Waals surface area contributed by atoms with E-state index in [1.807, 2.05) is 72.8 Å². The quantitative estimate of drug-likeness (QED) is 0.0587. The van der Waals surface area contributed by atoms with Crippen LogP contribution in [-0.4, -0.2) is 113 Å². The van der Waals surface area contributed by atoms with Gasteiger partial charge in [-0.3, -0.25) is 14.9 Å². The number of piperidine rings is 1. The molecule has 22 heteroatoms. The number of fused-ring (bicyclic) bond motifs is 1. The number of methoxy groups -OCH3 is 1. The summed E-state index contributed by atoms with van der Waals surface area (Å²) >= 11 is 0. The van der Waals surface area contributed by atoms with E-state index in [-0.39, 0.29) is 35.4 Å². The number of carboxylic acid groups (broad SMARTS) is 2. The van der Waals surface area contributed by atoms with E-state index in [0.717, 1.165) is 29.8 Å². The van der Waals surface area contributed by atoms with Gasteiger partial charge in [-0.2, -0.15) is 26.3 Å². The predicted octanol–water partition coefficient (Wildman–Crippen LogP) is 7.07. The second kappa shape index (κ2) is 23.8. The summed E-state index contributed by atoms with van der Waals surface area (Å²) in [5, 5.41) is 42.0. The number of benzene rings is 4. The highest BCUT2D eigenvalue weighted by molar-refractivity contribution is 5.93. The van der Waals surface area contributed by atoms with Crippen LogP contribution in [0.3, 0.4) is 0 Å². The van der Waals surface area contributed by atoms with Gasteiger partial charge in [0.25, 0.3) is 0 Å². The SMILES string of the molecule is COc1cc(N(C)C(=O)CCN2CCC(OC(=O)Nc3ccccc3-c3ccccc3)CC2)ccc1CNC[C@H](O)c1ccc(O)c2[nH]c(=O)ccc12.O=C(O)C(F)(F)F.O=C(O)C(F)(F)F. The van der Waals surface area contributed by atoms with E-state index in [4.69, 9.17) is 29.3 Å². The number of para-hydroxylation sites is 1. The molecule has 1 aliphatic heterocycles. The number of aliphatic hydroxyl groups is 1. The summed E-state index contributed by atoms with van der Waals surface area (Å²) in [5.74, 6) is -5.00. The Kier molecular flexibility index (Phi) is 18.7. The van der Waals surface area contributed by atoms with Gasteiger partial charge < -0.3 is 50.0 Å². The van der Waals surface area contributed by atoms with Crippen LogP contribution in [0.4, 0.5) is 42.5 Å². The lowest BCUT2D eigenvalue weighted by atomic mass is 10.0. The molecule has 1 fully saturated rings. The first kappa shape index (κ1) is 52.5. The van der Waals surface area contributed by atoms with Gasteiger partial charge in [0, 0.05) is 80.5 Å². The Hall–Kier alpha value is -7.17. The number of likely N-dealkylation sites (tertiary alicyclic amines) is 1. The molecule has 67 heavy (non-hydrogen) atoms. The fourth-order valence-electron chi connectivity index (χ4n) is 6.66. The van der Waals surface area contributed by atoms with Crippen molar-refractivity contribution >= 4 is 46.2 Å². The van der Waals surface area contributed by atoms with Gasteiger partial charge in [0.1, 0.15) is 17.6 Å². The van der Waals surface area contributed by atoms with Crippen molar-refractivity contribution in [2.24, 2.45) is 0 Å². The zero-order chi connectivity index (χ0) is 49.5. The molecule has 6 rings (SSSR count). The average Bonchev–Trinajstić information content (AvgIpc) is 3.29. The van der Waals surface area contributed by atoms with E-state index < -0.39 is 36.5 Å². The van der Waals surface area contributed by atoms with Crippen molar-refractivity contribution in [2.45, 2.75) is 50.4 Å². The number of hydrogen-bond acceptors (Lipinski definition) is 11. The summed E-state index contributed by atoms with van der Waals surface area (Å²) in [7, 11) is 3.32. The molecule has 1 saturated heterocycles. The Morgan fingerprint density at radius 3 is 2.09 bits per heavy atom. The summed E-state index contributed by atoms with van der Waals surface area (Å²) in [6.07, 6.45) is -10.0. The number of aliphatic hydroxyl groups excluding tert-OH is 1. The topological polar surface area (TPSA) is 231 Å². The van der Waals surface area contributed by atoms with Gasteiger partial charge >= 0.3 is 30.4 Å². The average molecular weight is 948 g/mol. The zero-order valence-electron chi connectivity index (χ0n) is 35.9. The summed E-state index contributed by atoms with van der Waals surface area (Å²) in [6.45, 7) is 2.65. The van der Waals surface area contributed by atoms with Gasteiger partial charge in [0.2, 0.25) is 11.5 Å². The maximum absolute atomic E-state index is 13.2. The van der Waals surface area contributed by atoms with Crippen LogP contribution in [0.15, 0.2) is 102 Å². The number of aliphatic carboxylic acids is 2. The molecule has 7 N–H and O–H groups in total. The van der Waals surface area contributed by atoms with Gasteiger partial charge in [-0.1, -0.05) is 60.7 Å². The summed E-state index contributed by atoms with van der Waals surface area (Å²) < 4.78 is 74.9. The highest BCUT2D eigenvalue weighted by atomic mass is 19.4. The normalized spacial score (nSPS) is 13.5. The minimum absolute atomic E-state index is 0.0293. The molecule has 2 amide bonds. The van der Waals surface area contributed by atoms with Crippen molar-refractivity contribution in [1.82, 2.24) is 15.2 Å². The number of phenols is 1. The number of alkyl halides is 6. The minimum atomic E-state index is -5.08. The Morgan fingerprint density at radius 1 is 0.866 bits per heavy atom. The highest BCUT2D eigenvalue weighted by Gasteiger charge is 2.39. The van der Waals surface area contributed by atoms with Crippen molar-refractivity contribution in [3.8, 4) is 22.6 Å². The molecule has 0 bridgehead atoms. The molecule has 0 spiro atoms. The third kappa shape index (κ3) is 15.8. The number of rotatable bonds is 13. The third-order valence-corrected chi connectivity index (χ3v) is 10.1. The second-order valence-corrected chi connectivity index (χ2v) is 14.7. The molecule has 360 valence electrons. The Bertz CT molecular complexity index is 2510. The van der Waals surface area contributed by atoms with Crippen LogP contribution >= 0.6 is 0 Å². The lowest BCUT2D eigenvalue weighted by molar-refractivity contribution is -0.193. The molecule has 4 aromatic carbocycles. The Balaban J connectivity index is 0.000000608. The first-order valence-corrected chi connectivity index (χ1v) is 20.2. The van der Waals surface area contributed by atoms with Gasteiger partial charge in [0.15, 0.2) is 0 Å². The van der Waals surface area contributed by atoms with Crippen molar-refractivity contribution in [3.05, 3.63) is 119 Å². The van der Waals surface area contributed by atoms with Crippen LogP contribution in [0.1, 0.15) is 36.5 Å². The second-order valence-electron chi connectivity index (χ2n) is 14.7. The third-order valence-electron chi connectivity index (χ3n) is 10.1. The highest BCUT2D eigenvalue weighted by Crippen LogP contribution is 2.31. The number of H-pyrrole nitrogens is 1. The maximum atomic E-state index is 13.2. The van der Waals surface area contributed by atoms with Crippen LogP contribution in [0.2, 0.25) is 0 Å². The number of phenolic OH excluding ortho intramolecular Hbond substituents is 1. The molecule has 0 unspecified atom stereocenters. The molecule has 2 heterocycles. The number of nitrogens with zero attached hydrogens (tertiary/aromatic N) is 2. The molecule has 0 aliphatic carbocycles. The number of nitrogens with one attached hydrogen (secondary N) is 3. The maximum Gasteiger partial charge on any atom is 0.490 e. The summed E-state index contributed by atoms with van der Waals surface area (Å²) in [4.78, 5) is 62.0. The number of ether oxygens (including phenoxy) is 2. The first-order chi connectivity index (χ1) is 31.6. The van der Waals surface area contributed by atoms with Crippen molar-refractivity contribution in [3.63, 3.8) is 0 Å². The number of carboxylic acids is 2. The number of hydrogen-bond donors (Lipinski definition) is 7. The molecule has 1 aliphatic rings. The zero-order valence-corrected chi connectivity index (χ0v) is 35.9. The van der Waals surface area contributed by atoms with Crippen LogP contribution < -0.4 is 25.8 Å². The summed E-state index contributed by atoms with van der Waals surface area (Å²) in [5.41, 5.74) is 4.70. The lowest BCUT2D eigenvalue weighted by Gasteiger charge is -2.31. The number of carbonyl (C=O) groups is 4. The number of anilines is 2. The van der Waals surface area contributed by atoms with Crippen LogP contribution in [-0.2, 0) is 25.7 Å². The van der Waals surface area contributed by atoms with E-state index in [1.165, 1.54) is 12.1 Å². The standard InChI is InChI=1S/C41H45N5O7.2C2HF3O2/c1-45(29-13-12-28(37(24-29)52-2)25-42-26-36(48)32-14-16-35(47)40-33(32)15-17-38(49)44-40)39(50)20-23-46-21-18-30(19-22-46)53-41(51)43-34-11-7-6-10-31(34)27-8-4-3-5-9-27;2*3-2(4,5)1(6)7/h3-17,24,30,36,42,47-48H,18-23,25-26H2,1-2H3,(H,43,51)(H,44,49);2*(H,6,7)/t36-;;/m0../s1. The number of halogens is 6. The number of aromatic hydroxyl groups is 1. The first-order valence-electron chi connectivity index (χ1n) is 20.2. The van der Waals surface area contributed by atoms with E-state index >= 15 is 0 Å². The van der Waals surface area contributed by atoms with Crippen molar-refractivity contribution < 1.29 is 75.4 Å². The van der Waals surface area contributed by atoms with E-state index in [9.17, 15) is 50.9 Å². The molecule has 16 nitrogen and oxygen atoms in total. The molecule has 1 aromatic heterocycles. The smallest absolute Gasteiger partial charge is 0.490 e. The van der Waals surface area contributed by atoms with Gasteiger partial charge in [0.05, 0.1) is 24.4 Å². The van der Waals surface area contributed by atoms with Crippen LogP contribution in [0.25, 0.3) is 22.0 Å². The molecule has 1 atom stereocenters. The van der Waals surface area contributed by atoms with Crippen LogP contribution in [0.5, 0.6) is 11.5 Å². The molecular weight excluding hydrogens is 901 g/mol. The fourth-order valence-corrected chi connectivity index (χ4v) is 6.66. The minimum Gasteiger partial charge on any atom is -0.506 e. The monoisotopic (exact) mass is 947 g/mol. The molecule has 5 aromatic rings. The van der Waals surface area contributed by atoms with E-state index in [1.54, 1.807) is 31.2 Å². The van der Waals surface area contributed by atoms with Gasteiger partial charge in [-0.25, -0.2) is 14.4 Å². The number of carbonyl (C=O) groups excluding carboxylic acids is 2. The molecular formula is C45H47F6N5O11. The number of aromatic nitrogens is 1. The molecule has 0 saturated carbocycles. The van der Waals surface area contributed by atoms with Gasteiger partial charge in [-0.15, -0.1) is 0 Å². The predicted molar refractivity (Wildman–Crippen MR) is 233 cm³/mol. The van der Waals surface area contributed by atoms with Crippen molar-refractivity contribution in [2.75, 3.05) is 50.6 Å². The van der Waals surface area contributed by atoms with E-state index in [0.29, 0.717) is 60.4 Å². The molecule has 0 radical (unpaired) electrons. The largest absolute Gasteiger partial charge is 0.506 e. The fraction of sp³-hybridized carbons (Fsp3) is 0.311. The summed E-state index contributed by atoms with van der Waals surface area (Å²) in [6, 6.07) is 29.1. The van der Waals surface area contributed by atoms with Gasteiger partial charge in [-0.05, 0) is 48.2 Å². The number of aromatic amines is 1. The van der Waals surface area contributed by atoms with Crippen molar-refractivity contribution in [1.29, 1.82) is 0 Å². The Labute approximate surface area is 378 Å².